The van der Waals surface area contributed by atoms with Gasteiger partial charge < -0.3 is 14.4 Å². The molecule has 4 saturated heterocycles. The number of alkyl halides is 1. The van der Waals surface area contributed by atoms with Crippen molar-refractivity contribution in [2.24, 2.45) is 0 Å². The highest BCUT2D eigenvalue weighted by Gasteiger charge is 2.49. The number of nitrogens with zero attached hydrogens (tertiary/aromatic N) is 5. The average Bonchev–Trinajstić information content (AvgIpc) is 3.37. The molecule has 0 spiro atoms. The quantitative estimate of drug-likeness (QED) is 0.709. The minimum absolute atomic E-state index is 0.142. The number of fused-ring (bicyclic) bond motifs is 4. The van der Waals surface area contributed by atoms with Crippen LogP contribution in [0.2, 0.25) is 0 Å². The van der Waals surface area contributed by atoms with E-state index >= 15 is 0 Å². The Kier molecular flexibility index (Phi) is 4.31. The van der Waals surface area contributed by atoms with Gasteiger partial charge >= 0.3 is 6.01 Å². The molecule has 2 aromatic rings. The summed E-state index contributed by atoms with van der Waals surface area (Å²) in [6.07, 6.45) is 5.35. The Morgan fingerprint density at radius 2 is 2.03 bits per heavy atom. The maximum Gasteiger partial charge on any atom is 0.319 e. The van der Waals surface area contributed by atoms with Crippen molar-refractivity contribution >= 4 is 16.7 Å². The fraction of sp³-hybridized carbons (Fsp3) is 0.667. The van der Waals surface area contributed by atoms with E-state index in [9.17, 15) is 8.78 Å². The van der Waals surface area contributed by atoms with Crippen LogP contribution in [-0.2, 0) is 4.74 Å². The largest absolute Gasteiger partial charge is 0.461 e. The zero-order chi connectivity index (χ0) is 20.3. The first-order chi connectivity index (χ1) is 14.6. The van der Waals surface area contributed by atoms with Gasteiger partial charge in [-0.2, -0.15) is 14.4 Å². The lowest BCUT2D eigenvalue weighted by molar-refractivity contribution is 0.0302. The molecule has 6 heterocycles. The molecular weight excluding hydrogens is 392 g/mol. The fourth-order valence-electron chi connectivity index (χ4n) is 5.73. The molecule has 0 aliphatic carbocycles. The number of ether oxygens (including phenoxy) is 2. The molecular formula is C21H25F2N5O2. The summed E-state index contributed by atoms with van der Waals surface area (Å²) in [5, 5.41) is 0.316. The summed E-state index contributed by atoms with van der Waals surface area (Å²) in [5.74, 6) is -0.0686. The highest BCUT2D eigenvalue weighted by atomic mass is 19.1. The first kappa shape index (κ1) is 18.6. The molecule has 4 fully saturated rings. The Morgan fingerprint density at radius 1 is 1.20 bits per heavy atom. The minimum Gasteiger partial charge on any atom is -0.461 e. The van der Waals surface area contributed by atoms with E-state index in [0.717, 1.165) is 32.2 Å². The number of hydrogen-bond acceptors (Lipinski definition) is 7. The number of pyridine rings is 1. The van der Waals surface area contributed by atoms with Gasteiger partial charge in [-0.3, -0.25) is 4.90 Å². The molecule has 2 unspecified atom stereocenters. The first-order valence-electron chi connectivity index (χ1n) is 10.8. The Balaban J connectivity index is 1.33. The molecule has 6 rings (SSSR count). The Bertz CT molecular complexity index is 966. The van der Waals surface area contributed by atoms with Gasteiger partial charge in [-0.15, -0.1) is 0 Å². The third kappa shape index (κ3) is 3.01. The molecule has 4 aliphatic heterocycles. The van der Waals surface area contributed by atoms with Crippen LogP contribution in [0.15, 0.2) is 12.3 Å². The first-order valence-corrected chi connectivity index (χ1v) is 10.8. The predicted molar refractivity (Wildman–Crippen MR) is 106 cm³/mol. The maximum atomic E-state index is 14.7. The van der Waals surface area contributed by atoms with Crippen molar-refractivity contribution in [3.63, 3.8) is 0 Å². The molecule has 160 valence electrons. The van der Waals surface area contributed by atoms with Crippen LogP contribution >= 0.6 is 0 Å². The van der Waals surface area contributed by atoms with Crippen LogP contribution in [0.25, 0.3) is 10.9 Å². The van der Waals surface area contributed by atoms with E-state index in [0.29, 0.717) is 49.4 Å². The second-order valence-corrected chi connectivity index (χ2v) is 9.05. The summed E-state index contributed by atoms with van der Waals surface area (Å²) in [6.45, 7) is 3.05. The smallest absolute Gasteiger partial charge is 0.319 e. The Hall–Kier alpha value is -2.13. The molecule has 0 aromatic carbocycles. The number of aromatic nitrogens is 3. The van der Waals surface area contributed by atoms with Crippen LogP contribution in [0.1, 0.15) is 32.1 Å². The molecule has 0 N–H and O–H groups in total. The van der Waals surface area contributed by atoms with E-state index in [4.69, 9.17) is 9.47 Å². The van der Waals surface area contributed by atoms with E-state index < -0.39 is 12.1 Å². The molecule has 4 aliphatic rings. The lowest BCUT2D eigenvalue weighted by atomic mass is 9.95. The molecule has 9 heteroatoms. The van der Waals surface area contributed by atoms with Crippen molar-refractivity contribution in [1.82, 2.24) is 19.9 Å². The second kappa shape index (κ2) is 6.95. The monoisotopic (exact) mass is 417 g/mol. The summed E-state index contributed by atoms with van der Waals surface area (Å²) in [5.41, 5.74) is 0.191. The number of anilines is 1. The standard InChI is InChI=1S/C21H25F2N5O2/c22-13-8-21(5-1-7-28(21)9-13)12-29-20-25-16-4-6-24-18(23)17(16)19(26-20)27-10-14-2-3-15(11-27)30-14/h4,6,13-15H,1-3,5,7-12H2/t13-,14?,15?,21+/m1/s1. The van der Waals surface area contributed by atoms with Gasteiger partial charge in [-0.05, 0) is 38.3 Å². The van der Waals surface area contributed by atoms with E-state index in [1.165, 1.54) is 6.20 Å². The van der Waals surface area contributed by atoms with Crippen molar-refractivity contribution in [1.29, 1.82) is 0 Å². The van der Waals surface area contributed by atoms with Gasteiger partial charge in [0.25, 0.3) is 0 Å². The second-order valence-electron chi connectivity index (χ2n) is 9.05. The number of halogens is 2. The van der Waals surface area contributed by atoms with Gasteiger partial charge in [0.1, 0.15) is 18.6 Å². The summed E-state index contributed by atoms with van der Waals surface area (Å²) in [6, 6.07) is 1.89. The van der Waals surface area contributed by atoms with Crippen molar-refractivity contribution in [3.8, 4) is 6.01 Å². The van der Waals surface area contributed by atoms with Gasteiger partial charge in [-0.25, -0.2) is 9.37 Å². The van der Waals surface area contributed by atoms with E-state index in [1.54, 1.807) is 6.07 Å². The molecule has 2 bridgehead atoms. The number of hydrogen-bond donors (Lipinski definition) is 0. The third-order valence-electron chi connectivity index (χ3n) is 7.10. The highest BCUT2D eigenvalue weighted by Crippen LogP contribution is 2.40. The van der Waals surface area contributed by atoms with Gasteiger partial charge in [0.2, 0.25) is 5.95 Å². The average molecular weight is 417 g/mol. The van der Waals surface area contributed by atoms with E-state index in [-0.39, 0.29) is 23.8 Å². The molecule has 2 aromatic heterocycles. The summed E-state index contributed by atoms with van der Waals surface area (Å²) in [7, 11) is 0. The van der Waals surface area contributed by atoms with Crippen LogP contribution in [0.5, 0.6) is 6.01 Å². The van der Waals surface area contributed by atoms with Crippen LogP contribution in [0, 0.1) is 5.95 Å². The zero-order valence-corrected chi connectivity index (χ0v) is 16.8. The zero-order valence-electron chi connectivity index (χ0n) is 16.8. The summed E-state index contributed by atoms with van der Waals surface area (Å²) in [4.78, 5) is 17.1. The minimum atomic E-state index is -0.814. The number of rotatable bonds is 4. The van der Waals surface area contributed by atoms with Crippen molar-refractivity contribution < 1.29 is 18.3 Å². The van der Waals surface area contributed by atoms with E-state index in [1.807, 2.05) is 0 Å². The summed E-state index contributed by atoms with van der Waals surface area (Å²) < 4.78 is 40.7. The van der Waals surface area contributed by atoms with Gasteiger partial charge in [-0.1, -0.05) is 0 Å². The number of morpholine rings is 1. The molecule has 7 nitrogen and oxygen atoms in total. The molecule has 0 radical (unpaired) electrons. The fourth-order valence-corrected chi connectivity index (χ4v) is 5.73. The van der Waals surface area contributed by atoms with Crippen LogP contribution < -0.4 is 9.64 Å². The topological polar surface area (TPSA) is 63.6 Å². The van der Waals surface area contributed by atoms with Crippen molar-refractivity contribution in [2.75, 3.05) is 37.7 Å². The highest BCUT2D eigenvalue weighted by molar-refractivity contribution is 5.89. The van der Waals surface area contributed by atoms with Gasteiger partial charge in [0.05, 0.1) is 28.6 Å². The lowest BCUT2D eigenvalue weighted by Crippen LogP contribution is -2.44. The van der Waals surface area contributed by atoms with Crippen LogP contribution in [-0.4, -0.2) is 76.6 Å². The normalized spacial score (nSPS) is 33.4. The van der Waals surface area contributed by atoms with Gasteiger partial charge in [0, 0.05) is 32.3 Å². The lowest BCUT2D eigenvalue weighted by Gasteiger charge is -2.34. The van der Waals surface area contributed by atoms with Crippen molar-refractivity contribution in [3.05, 3.63) is 18.2 Å². The predicted octanol–water partition coefficient (Wildman–Crippen LogP) is 2.49. The maximum absolute atomic E-state index is 14.7. The molecule has 4 atom stereocenters. The van der Waals surface area contributed by atoms with Crippen LogP contribution in [0.3, 0.4) is 0 Å². The Labute approximate surface area is 173 Å². The summed E-state index contributed by atoms with van der Waals surface area (Å²) >= 11 is 0. The van der Waals surface area contributed by atoms with Crippen molar-refractivity contribution in [2.45, 2.75) is 56.0 Å². The van der Waals surface area contributed by atoms with Gasteiger partial charge in [0.15, 0.2) is 0 Å². The SMILES string of the molecule is Fc1nccc2nc(OC[C@@]34CCCN3C[C@H](F)C4)nc(N3CC4CCC(C3)O4)c12. The van der Waals surface area contributed by atoms with Crippen LogP contribution in [0.4, 0.5) is 14.6 Å². The molecule has 0 amide bonds. The molecule has 30 heavy (non-hydrogen) atoms. The van der Waals surface area contributed by atoms with E-state index in [2.05, 4.69) is 24.8 Å². The molecule has 0 saturated carbocycles. The Morgan fingerprint density at radius 3 is 2.87 bits per heavy atom. The third-order valence-corrected chi connectivity index (χ3v) is 7.10.